The van der Waals surface area contributed by atoms with Gasteiger partial charge in [0.2, 0.25) is 0 Å². The highest BCUT2D eigenvalue weighted by atomic mass is 35.5. The molecule has 2 atom stereocenters. The normalized spacial score (nSPS) is 21.3. The van der Waals surface area contributed by atoms with Crippen LogP contribution in [0.3, 0.4) is 0 Å². The Morgan fingerprint density at radius 1 is 1.26 bits per heavy atom. The predicted molar refractivity (Wildman–Crippen MR) is 82.7 cm³/mol. The van der Waals surface area contributed by atoms with Crippen molar-refractivity contribution in [2.75, 3.05) is 20.1 Å². The minimum absolute atomic E-state index is 0.355. The Morgan fingerprint density at radius 3 is 2.58 bits per heavy atom. The molecule has 1 fully saturated rings. The molecule has 19 heavy (non-hydrogen) atoms. The number of hydrogen-bond acceptors (Lipinski definition) is 2. The van der Waals surface area contributed by atoms with Gasteiger partial charge in [-0.3, -0.25) is 0 Å². The summed E-state index contributed by atoms with van der Waals surface area (Å²) in [5.41, 5.74) is 1.27. The average Bonchev–Trinajstić information content (AvgIpc) is 2.39. The van der Waals surface area contributed by atoms with Crippen molar-refractivity contribution < 1.29 is 0 Å². The number of rotatable bonds is 4. The monoisotopic (exact) mass is 280 g/mol. The molecule has 1 unspecified atom stereocenters. The molecular weight excluding hydrogens is 256 g/mol. The van der Waals surface area contributed by atoms with Crippen LogP contribution < -0.4 is 5.32 Å². The van der Waals surface area contributed by atoms with Crippen LogP contribution in [-0.4, -0.2) is 31.1 Å². The molecule has 0 aromatic heterocycles. The highest BCUT2D eigenvalue weighted by Gasteiger charge is 2.23. The number of nitrogens with one attached hydrogen (secondary N) is 1. The number of benzene rings is 1. The minimum atomic E-state index is 0.355. The Morgan fingerprint density at radius 2 is 1.95 bits per heavy atom. The lowest BCUT2D eigenvalue weighted by Crippen LogP contribution is -2.41. The topological polar surface area (TPSA) is 15.3 Å². The molecule has 0 amide bonds. The van der Waals surface area contributed by atoms with Gasteiger partial charge in [0, 0.05) is 17.1 Å². The van der Waals surface area contributed by atoms with E-state index in [1.54, 1.807) is 0 Å². The maximum atomic E-state index is 6.06. The molecule has 106 valence electrons. The van der Waals surface area contributed by atoms with Gasteiger partial charge in [-0.1, -0.05) is 23.7 Å². The van der Waals surface area contributed by atoms with Crippen LogP contribution in [0, 0.1) is 5.92 Å². The molecule has 1 saturated heterocycles. The summed E-state index contributed by atoms with van der Waals surface area (Å²) >= 11 is 6.06. The number of nitrogens with zero attached hydrogens (tertiary/aromatic N) is 1. The predicted octanol–water partition coefficient (Wildman–Crippen LogP) is 3.72. The lowest BCUT2D eigenvalue weighted by atomic mass is 9.90. The largest absolute Gasteiger partial charge is 0.307 e. The van der Waals surface area contributed by atoms with Gasteiger partial charge in [-0.25, -0.2) is 0 Å². The summed E-state index contributed by atoms with van der Waals surface area (Å²) in [5.74, 6) is 0.790. The SMILES string of the molecule is CC(N[C@H](C)c1cccc(Cl)c1)C1CCN(C)CC1. The van der Waals surface area contributed by atoms with E-state index in [9.17, 15) is 0 Å². The lowest BCUT2D eigenvalue weighted by Gasteiger charge is -2.34. The number of halogens is 1. The maximum Gasteiger partial charge on any atom is 0.0409 e. The second-order valence-corrected chi connectivity index (χ2v) is 6.31. The lowest BCUT2D eigenvalue weighted by molar-refractivity contribution is 0.185. The van der Waals surface area contributed by atoms with E-state index in [0.29, 0.717) is 12.1 Å². The average molecular weight is 281 g/mol. The molecular formula is C16H25ClN2. The highest BCUT2D eigenvalue weighted by molar-refractivity contribution is 6.30. The van der Waals surface area contributed by atoms with E-state index in [-0.39, 0.29) is 0 Å². The molecule has 1 aliphatic heterocycles. The zero-order chi connectivity index (χ0) is 13.8. The van der Waals surface area contributed by atoms with Gasteiger partial charge < -0.3 is 10.2 Å². The fourth-order valence-corrected chi connectivity index (χ4v) is 3.13. The molecule has 0 aliphatic carbocycles. The summed E-state index contributed by atoms with van der Waals surface area (Å²) in [7, 11) is 2.21. The molecule has 0 saturated carbocycles. The molecule has 1 aliphatic rings. The van der Waals surface area contributed by atoms with E-state index in [4.69, 9.17) is 11.6 Å². The molecule has 2 nitrogen and oxygen atoms in total. The van der Waals surface area contributed by atoms with Crippen molar-refractivity contribution in [1.29, 1.82) is 0 Å². The second kappa shape index (κ2) is 6.74. The molecule has 3 heteroatoms. The van der Waals surface area contributed by atoms with Crippen LogP contribution in [0.2, 0.25) is 5.02 Å². The van der Waals surface area contributed by atoms with Crippen molar-refractivity contribution in [3.8, 4) is 0 Å². The van der Waals surface area contributed by atoms with E-state index >= 15 is 0 Å². The van der Waals surface area contributed by atoms with Crippen molar-refractivity contribution >= 4 is 11.6 Å². The van der Waals surface area contributed by atoms with Gasteiger partial charge in [-0.2, -0.15) is 0 Å². The van der Waals surface area contributed by atoms with Gasteiger partial charge in [0.15, 0.2) is 0 Å². The molecule has 0 bridgehead atoms. The summed E-state index contributed by atoms with van der Waals surface area (Å²) in [6.45, 7) is 6.98. The zero-order valence-corrected chi connectivity index (χ0v) is 13.0. The molecule has 0 radical (unpaired) electrons. The third kappa shape index (κ3) is 4.20. The van der Waals surface area contributed by atoms with Crippen LogP contribution in [0.1, 0.15) is 38.3 Å². The van der Waals surface area contributed by atoms with Gasteiger partial charge >= 0.3 is 0 Å². The highest BCUT2D eigenvalue weighted by Crippen LogP contribution is 2.23. The Labute approximate surface area is 122 Å². The smallest absolute Gasteiger partial charge is 0.0409 e. The quantitative estimate of drug-likeness (QED) is 0.904. The van der Waals surface area contributed by atoms with Gasteiger partial charge in [-0.05, 0) is 70.4 Å². The molecule has 0 spiro atoms. The van der Waals surface area contributed by atoms with Crippen LogP contribution in [0.5, 0.6) is 0 Å². The number of hydrogen-bond donors (Lipinski definition) is 1. The summed E-state index contributed by atoms with van der Waals surface area (Å²) in [5, 5.41) is 4.55. The second-order valence-electron chi connectivity index (χ2n) is 5.87. The summed E-state index contributed by atoms with van der Waals surface area (Å²) in [6.07, 6.45) is 2.60. The van der Waals surface area contributed by atoms with E-state index < -0.39 is 0 Å². The van der Waals surface area contributed by atoms with Crippen molar-refractivity contribution in [2.24, 2.45) is 5.92 Å². The summed E-state index contributed by atoms with van der Waals surface area (Å²) in [6, 6.07) is 9.07. The first-order chi connectivity index (χ1) is 9.06. The first-order valence-corrected chi connectivity index (χ1v) is 7.64. The van der Waals surface area contributed by atoms with Gasteiger partial charge in [0.05, 0.1) is 0 Å². The van der Waals surface area contributed by atoms with Crippen molar-refractivity contribution in [3.63, 3.8) is 0 Å². The Bertz CT molecular complexity index is 399. The Balaban J connectivity index is 1.89. The van der Waals surface area contributed by atoms with Crippen molar-refractivity contribution in [2.45, 2.75) is 38.8 Å². The van der Waals surface area contributed by atoms with Crippen LogP contribution in [-0.2, 0) is 0 Å². The standard InChI is InChI=1S/C16H25ClN2/c1-12(14-7-9-19(3)10-8-14)18-13(2)15-5-4-6-16(17)11-15/h4-6,11-14,18H,7-10H2,1-3H3/t12?,13-/m1/s1. The first kappa shape index (κ1) is 14.8. The molecule has 1 N–H and O–H groups in total. The number of piperidine rings is 1. The van der Waals surface area contributed by atoms with Crippen LogP contribution in [0.25, 0.3) is 0 Å². The number of likely N-dealkylation sites (tertiary alicyclic amines) is 1. The van der Waals surface area contributed by atoms with Gasteiger partial charge in [0.1, 0.15) is 0 Å². The van der Waals surface area contributed by atoms with Gasteiger partial charge in [-0.15, -0.1) is 0 Å². The van der Waals surface area contributed by atoms with Crippen molar-refractivity contribution in [3.05, 3.63) is 34.9 Å². The fraction of sp³-hybridized carbons (Fsp3) is 0.625. The van der Waals surface area contributed by atoms with Crippen LogP contribution >= 0.6 is 11.6 Å². The van der Waals surface area contributed by atoms with Gasteiger partial charge in [0.25, 0.3) is 0 Å². The molecule has 2 rings (SSSR count). The van der Waals surface area contributed by atoms with Crippen molar-refractivity contribution in [1.82, 2.24) is 10.2 Å². The van der Waals surface area contributed by atoms with E-state index in [1.165, 1.54) is 31.5 Å². The Kier molecular flexibility index (Phi) is 5.26. The maximum absolute atomic E-state index is 6.06. The summed E-state index contributed by atoms with van der Waals surface area (Å²) < 4.78 is 0. The zero-order valence-electron chi connectivity index (χ0n) is 12.2. The molecule has 1 aromatic rings. The van der Waals surface area contributed by atoms with E-state index in [0.717, 1.165) is 10.9 Å². The third-order valence-electron chi connectivity index (χ3n) is 4.33. The summed E-state index contributed by atoms with van der Waals surface area (Å²) in [4.78, 5) is 2.42. The van der Waals surface area contributed by atoms with Crippen LogP contribution in [0.4, 0.5) is 0 Å². The van der Waals surface area contributed by atoms with E-state index in [2.05, 4.69) is 43.2 Å². The van der Waals surface area contributed by atoms with Crippen LogP contribution in [0.15, 0.2) is 24.3 Å². The molecule has 1 heterocycles. The Hall–Kier alpha value is -0.570. The minimum Gasteiger partial charge on any atom is -0.307 e. The fourth-order valence-electron chi connectivity index (χ4n) is 2.93. The van der Waals surface area contributed by atoms with E-state index in [1.807, 2.05) is 12.1 Å². The third-order valence-corrected chi connectivity index (χ3v) is 4.57. The molecule has 1 aromatic carbocycles. The first-order valence-electron chi connectivity index (χ1n) is 7.26.